The summed E-state index contributed by atoms with van der Waals surface area (Å²) in [5.74, 6) is 1.48. The second kappa shape index (κ2) is 9.94. The number of nitrogens with zero attached hydrogens (tertiary/aromatic N) is 1. The van der Waals surface area contributed by atoms with Gasteiger partial charge < -0.3 is 24.4 Å². The van der Waals surface area contributed by atoms with Gasteiger partial charge in [-0.2, -0.15) is 0 Å². The van der Waals surface area contributed by atoms with Crippen molar-refractivity contribution in [3.8, 4) is 28.4 Å². The minimum Gasteiger partial charge on any atom is -0.493 e. The third kappa shape index (κ3) is 4.24. The zero-order chi connectivity index (χ0) is 23.4. The van der Waals surface area contributed by atoms with Crippen molar-refractivity contribution in [2.45, 2.75) is 39.7 Å². The lowest BCUT2D eigenvalue weighted by molar-refractivity contribution is -0.119. The van der Waals surface area contributed by atoms with E-state index in [0.717, 1.165) is 35.3 Å². The molecular formula is C25H32N2O5. The van der Waals surface area contributed by atoms with Crippen LogP contribution in [-0.2, 0) is 11.2 Å². The van der Waals surface area contributed by atoms with Gasteiger partial charge >= 0.3 is 0 Å². The van der Waals surface area contributed by atoms with Crippen LogP contribution in [0, 0.1) is 0 Å². The lowest BCUT2D eigenvalue weighted by atomic mass is 9.95. The molecule has 0 saturated carbocycles. The van der Waals surface area contributed by atoms with Crippen LogP contribution in [0.2, 0.25) is 0 Å². The van der Waals surface area contributed by atoms with Crippen LogP contribution >= 0.6 is 0 Å². The Morgan fingerprint density at radius 1 is 1.06 bits per heavy atom. The zero-order valence-corrected chi connectivity index (χ0v) is 19.7. The quantitative estimate of drug-likeness (QED) is 0.707. The van der Waals surface area contributed by atoms with Crippen LogP contribution in [0.1, 0.15) is 44.4 Å². The molecule has 1 atom stereocenters. The largest absolute Gasteiger partial charge is 0.493 e. The molecule has 0 aromatic heterocycles. The maximum atomic E-state index is 13.3. The molecule has 2 aromatic carbocycles. The number of amides is 1. The first-order chi connectivity index (χ1) is 15.4. The lowest BCUT2D eigenvalue weighted by Crippen LogP contribution is -2.28. The van der Waals surface area contributed by atoms with Gasteiger partial charge in [-0.3, -0.25) is 9.59 Å². The molecule has 0 fully saturated rings. The minimum absolute atomic E-state index is 0.0757. The smallest absolute Gasteiger partial charge is 0.217 e. The number of fused-ring (bicyclic) bond motifs is 3. The third-order valence-electron chi connectivity index (χ3n) is 6.00. The molecule has 7 heteroatoms. The van der Waals surface area contributed by atoms with Gasteiger partial charge in [0.05, 0.1) is 33.1 Å². The van der Waals surface area contributed by atoms with Crippen LogP contribution in [0.5, 0.6) is 17.2 Å². The van der Waals surface area contributed by atoms with Crippen molar-refractivity contribution in [2.24, 2.45) is 0 Å². The van der Waals surface area contributed by atoms with Gasteiger partial charge in [-0.15, -0.1) is 0 Å². The summed E-state index contributed by atoms with van der Waals surface area (Å²) in [4.78, 5) is 27.3. The molecule has 1 aliphatic carbocycles. The van der Waals surface area contributed by atoms with Gasteiger partial charge in [0, 0.05) is 25.6 Å². The van der Waals surface area contributed by atoms with E-state index in [-0.39, 0.29) is 17.4 Å². The van der Waals surface area contributed by atoms with Gasteiger partial charge in [-0.25, -0.2) is 0 Å². The Hall–Kier alpha value is -3.22. The van der Waals surface area contributed by atoms with Gasteiger partial charge in [-0.05, 0) is 61.6 Å². The van der Waals surface area contributed by atoms with Gasteiger partial charge in [0.2, 0.25) is 17.1 Å². The number of nitrogens with one attached hydrogen (secondary N) is 1. The fourth-order valence-corrected chi connectivity index (χ4v) is 4.53. The number of rotatable bonds is 7. The first-order valence-corrected chi connectivity index (χ1v) is 10.9. The van der Waals surface area contributed by atoms with Crippen LogP contribution in [-0.4, -0.2) is 40.3 Å². The Kier molecular flexibility index (Phi) is 7.28. The topological polar surface area (TPSA) is 77.1 Å². The van der Waals surface area contributed by atoms with Gasteiger partial charge in [0.1, 0.15) is 0 Å². The fourth-order valence-electron chi connectivity index (χ4n) is 4.53. The second-order valence-corrected chi connectivity index (χ2v) is 7.74. The molecule has 172 valence electrons. The number of anilines is 1. The number of ether oxygens (including phenoxy) is 3. The summed E-state index contributed by atoms with van der Waals surface area (Å²) < 4.78 is 17.0. The van der Waals surface area contributed by atoms with E-state index in [1.807, 2.05) is 36.9 Å². The monoisotopic (exact) mass is 440 g/mol. The number of hydrogen-bond donors (Lipinski definition) is 1. The van der Waals surface area contributed by atoms with E-state index in [4.69, 9.17) is 14.2 Å². The maximum absolute atomic E-state index is 13.3. The van der Waals surface area contributed by atoms with Gasteiger partial charge in [-0.1, -0.05) is 6.07 Å². The highest BCUT2D eigenvalue weighted by Crippen LogP contribution is 2.50. The standard InChI is InChI=1S/C25H32N2O5/c1-7-27(8-2)20-12-10-17-18(14-21(20)29)19(26-15(3)28)11-9-16-13-22(30-4)24(31-5)25(32-6)23(16)17/h10,12-14,19H,7-9,11H2,1-6H3,(H,26,28). The normalized spacial score (nSPS) is 14.5. The van der Waals surface area contributed by atoms with E-state index in [0.29, 0.717) is 35.8 Å². The Bertz CT molecular complexity index is 1060. The molecular weight excluding hydrogens is 408 g/mol. The van der Waals surface area contributed by atoms with Crippen molar-refractivity contribution in [3.05, 3.63) is 45.6 Å². The molecule has 1 N–H and O–H groups in total. The van der Waals surface area contributed by atoms with E-state index >= 15 is 0 Å². The molecule has 0 bridgehead atoms. The highest BCUT2D eigenvalue weighted by atomic mass is 16.5. The first kappa shape index (κ1) is 23.4. The summed E-state index contributed by atoms with van der Waals surface area (Å²) in [6.45, 7) is 6.99. The highest BCUT2D eigenvalue weighted by molar-refractivity contribution is 5.83. The molecule has 32 heavy (non-hydrogen) atoms. The molecule has 2 aromatic rings. The predicted octanol–water partition coefficient (Wildman–Crippen LogP) is 3.71. The van der Waals surface area contributed by atoms with Crippen LogP contribution in [0.25, 0.3) is 11.1 Å². The Balaban J connectivity index is 2.41. The number of methoxy groups -OCH3 is 3. The summed E-state index contributed by atoms with van der Waals surface area (Å²) in [6.07, 6.45) is 1.31. The van der Waals surface area contributed by atoms with Crippen molar-refractivity contribution in [3.63, 3.8) is 0 Å². The maximum Gasteiger partial charge on any atom is 0.217 e. The van der Waals surface area contributed by atoms with Crippen molar-refractivity contribution < 1.29 is 19.0 Å². The number of carbonyl (C=O) groups excluding carboxylic acids is 1. The molecule has 0 aliphatic heterocycles. The van der Waals surface area contributed by atoms with E-state index in [1.165, 1.54) is 6.92 Å². The highest BCUT2D eigenvalue weighted by Gasteiger charge is 2.29. The molecule has 7 nitrogen and oxygen atoms in total. The Morgan fingerprint density at radius 2 is 1.75 bits per heavy atom. The molecule has 1 aliphatic rings. The summed E-state index contributed by atoms with van der Waals surface area (Å²) >= 11 is 0. The molecule has 0 spiro atoms. The van der Waals surface area contributed by atoms with Gasteiger partial charge in [0.25, 0.3) is 0 Å². The van der Waals surface area contributed by atoms with Gasteiger partial charge in [0.15, 0.2) is 11.5 Å². The average Bonchev–Trinajstić information content (AvgIpc) is 3.02. The average molecular weight is 441 g/mol. The summed E-state index contributed by atoms with van der Waals surface area (Å²) in [5, 5.41) is 3.03. The number of hydrogen-bond acceptors (Lipinski definition) is 6. The Labute approximate surface area is 189 Å². The first-order valence-electron chi connectivity index (χ1n) is 10.9. The molecule has 1 amide bonds. The second-order valence-electron chi connectivity index (χ2n) is 7.74. The van der Waals surface area contributed by atoms with Crippen LogP contribution in [0.4, 0.5) is 5.69 Å². The van der Waals surface area contributed by atoms with Crippen molar-refractivity contribution in [2.75, 3.05) is 39.3 Å². The van der Waals surface area contributed by atoms with E-state index < -0.39 is 0 Å². The summed E-state index contributed by atoms with van der Waals surface area (Å²) in [5.41, 5.74) is 4.03. The predicted molar refractivity (Wildman–Crippen MR) is 126 cm³/mol. The number of aryl methyl sites for hydroxylation is 1. The third-order valence-corrected chi connectivity index (χ3v) is 6.00. The van der Waals surface area contributed by atoms with E-state index in [1.54, 1.807) is 27.4 Å². The summed E-state index contributed by atoms with van der Waals surface area (Å²) in [6, 6.07) is 7.13. The Morgan fingerprint density at radius 3 is 2.31 bits per heavy atom. The molecule has 1 unspecified atom stereocenters. The lowest BCUT2D eigenvalue weighted by Gasteiger charge is -2.19. The summed E-state index contributed by atoms with van der Waals surface area (Å²) in [7, 11) is 4.76. The number of benzene rings is 1. The number of carbonyl (C=O) groups is 1. The molecule has 0 radical (unpaired) electrons. The van der Waals surface area contributed by atoms with Crippen LogP contribution in [0.15, 0.2) is 29.1 Å². The van der Waals surface area contributed by atoms with Crippen molar-refractivity contribution in [1.82, 2.24) is 5.32 Å². The van der Waals surface area contributed by atoms with E-state index in [2.05, 4.69) is 5.32 Å². The molecule has 0 saturated heterocycles. The van der Waals surface area contributed by atoms with Crippen molar-refractivity contribution in [1.29, 1.82) is 0 Å². The molecule has 0 heterocycles. The SMILES string of the molecule is CCN(CC)c1ccc2c(cc1=O)C(NC(C)=O)CCc1cc(OC)c(OC)c(OC)c1-2. The minimum atomic E-state index is -0.304. The zero-order valence-electron chi connectivity index (χ0n) is 19.7. The fraction of sp³-hybridized carbons (Fsp3) is 0.440. The van der Waals surface area contributed by atoms with E-state index in [9.17, 15) is 9.59 Å². The van der Waals surface area contributed by atoms with Crippen molar-refractivity contribution >= 4 is 11.6 Å². The van der Waals surface area contributed by atoms with Crippen LogP contribution < -0.4 is 29.9 Å². The molecule has 3 rings (SSSR count). The van der Waals surface area contributed by atoms with Crippen LogP contribution in [0.3, 0.4) is 0 Å².